The van der Waals surface area contributed by atoms with Crippen LogP contribution in [0.1, 0.15) is 11.1 Å². The number of rotatable bonds is 6. The molecule has 20 heavy (non-hydrogen) atoms. The summed E-state index contributed by atoms with van der Waals surface area (Å²) < 4.78 is 16.3. The fourth-order valence-electron chi connectivity index (χ4n) is 1.98. The Morgan fingerprint density at radius 2 is 1.55 bits per heavy atom. The van der Waals surface area contributed by atoms with Crippen molar-refractivity contribution in [1.82, 2.24) is 0 Å². The number of benzene rings is 2. The summed E-state index contributed by atoms with van der Waals surface area (Å²) in [5, 5.41) is 9.53. The van der Waals surface area contributed by atoms with Gasteiger partial charge in [0, 0.05) is 0 Å². The smallest absolute Gasteiger partial charge is 0.170 e. The maximum atomic E-state index is 9.53. The molecular weight excluding hydrogens is 256 g/mol. The van der Waals surface area contributed by atoms with E-state index in [-0.39, 0.29) is 6.61 Å². The quantitative estimate of drug-likeness (QED) is 0.880. The Labute approximate surface area is 118 Å². The zero-order valence-corrected chi connectivity index (χ0v) is 11.6. The zero-order valence-electron chi connectivity index (χ0n) is 11.6. The molecule has 0 fully saturated rings. The number of aliphatic hydroxyl groups is 1. The van der Waals surface area contributed by atoms with Crippen LogP contribution in [0.15, 0.2) is 42.5 Å². The van der Waals surface area contributed by atoms with Crippen LogP contribution in [0.2, 0.25) is 0 Å². The van der Waals surface area contributed by atoms with Crippen LogP contribution in [0, 0.1) is 0 Å². The van der Waals surface area contributed by atoms with Gasteiger partial charge in [-0.25, -0.2) is 0 Å². The van der Waals surface area contributed by atoms with Gasteiger partial charge in [-0.15, -0.1) is 0 Å². The lowest BCUT2D eigenvalue weighted by atomic mass is 10.1. The molecule has 2 aromatic carbocycles. The Hall–Kier alpha value is -2.20. The van der Waals surface area contributed by atoms with Crippen LogP contribution in [-0.2, 0) is 13.2 Å². The first-order valence-electron chi connectivity index (χ1n) is 6.31. The summed E-state index contributed by atoms with van der Waals surface area (Å²) >= 11 is 0. The number of hydrogen-bond acceptors (Lipinski definition) is 4. The van der Waals surface area contributed by atoms with Crippen molar-refractivity contribution in [2.24, 2.45) is 0 Å². The van der Waals surface area contributed by atoms with Crippen molar-refractivity contribution in [3.8, 4) is 17.2 Å². The van der Waals surface area contributed by atoms with Crippen molar-refractivity contribution < 1.29 is 19.3 Å². The van der Waals surface area contributed by atoms with E-state index in [2.05, 4.69) is 0 Å². The maximum Gasteiger partial charge on any atom is 0.170 e. The molecule has 0 bridgehead atoms. The van der Waals surface area contributed by atoms with Crippen LogP contribution in [0.3, 0.4) is 0 Å². The SMILES string of the molecule is COc1ccc(OC)c(OCc2ccccc2)c1CO. The van der Waals surface area contributed by atoms with Crippen molar-refractivity contribution in [1.29, 1.82) is 0 Å². The third-order valence-corrected chi connectivity index (χ3v) is 3.01. The Bertz CT molecular complexity index is 552. The van der Waals surface area contributed by atoms with Gasteiger partial charge < -0.3 is 19.3 Å². The molecule has 1 N–H and O–H groups in total. The molecule has 2 aromatic rings. The molecule has 0 aromatic heterocycles. The highest BCUT2D eigenvalue weighted by atomic mass is 16.5. The Kier molecular flexibility index (Phi) is 4.85. The van der Waals surface area contributed by atoms with E-state index in [1.165, 1.54) is 0 Å². The van der Waals surface area contributed by atoms with Crippen LogP contribution in [0.5, 0.6) is 17.2 Å². The third-order valence-electron chi connectivity index (χ3n) is 3.01. The lowest BCUT2D eigenvalue weighted by Gasteiger charge is -2.16. The second kappa shape index (κ2) is 6.82. The molecule has 0 aliphatic heterocycles. The number of hydrogen-bond donors (Lipinski definition) is 1. The summed E-state index contributed by atoms with van der Waals surface area (Å²) in [4.78, 5) is 0. The van der Waals surface area contributed by atoms with Gasteiger partial charge in [0.15, 0.2) is 11.5 Å². The molecular formula is C16H18O4. The molecule has 0 aliphatic rings. The Morgan fingerprint density at radius 3 is 2.15 bits per heavy atom. The first kappa shape index (κ1) is 14.2. The average Bonchev–Trinajstić information content (AvgIpc) is 2.52. The fourth-order valence-corrected chi connectivity index (χ4v) is 1.98. The van der Waals surface area contributed by atoms with Gasteiger partial charge in [0.05, 0.1) is 26.4 Å². The van der Waals surface area contributed by atoms with Crippen molar-refractivity contribution in [3.05, 3.63) is 53.6 Å². The van der Waals surface area contributed by atoms with E-state index < -0.39 is 0 Å². The van der Waals surface area contributed by atoms with Crippen molar-refractivity contribution in [3.63, 3.8) is 0 Å². The molecule has 0 saturated carbocycles. The van der Waals surface area contributed by atoms with Crippen LogP contribution in [0.4, 0.5) is 0 Å². The lowest BCUT2D eigenvalue weighted by Crippen LogP contribution is -2.03. The molecule has 2 rings (SSSR count). The van der Waals surface area contributed by atoms with Gasteiger partial charge >= 0.3 is 0 Å². The predicted octanol–water partition coefficient (Wildman–Crippen LogP) is 2.78. The molecule has 0 amide bonds. The third kappa shape index (κ3) is 3.03. The summed E-state index contributed by atoms with van der Waals surface area (Å²) in [5.74, 6) is 1.67. The van der Waals surface area contributed by atoms with Crippen LogP contribution in [-0.4, -0.2) is 19.3 Å². The van der Waals surface area contributed by atoms with Crippen LogP contribution >= 0.6 is 0 Å². The van der Waals surface area contributed by atoms with Crippen LogP contribution in [0.25, 0.3) is 0 Å². The Morgan fingerprint density at radius 1 is 0.900 bits per heavy atom. The Balaban J connectivity index is 2.28. The topological polar surface area (TPSA) is 47.9 Å². The number of methoxy groups -OCH3 is 2. The first-order valence-corrected chi connectivity index (χ1v) is 6.31. The van der Waals surface area contributed by atoms with E-state index in [0.29, 0.717) is 29.4 Å². The van der Waals surface area contributed by atoms with E-state index >= 15 is 0 Å². The fraction of sp³-hybridized carbons (Fsp3) is 0.250. The molecule has 0 heterocycles. The maximum absolute atomic E-state index is 9.53. The molecule has 4 heteroatoms. The molecule has 0 saturated heterocycles. The average molecular weight is 274 g/mol. The van der Waals surface area contributed by atoms with Crippen molar-refractivity contribution in [2.75, 3.05) is 14.2 Å². The van der Waals surface area contributed by atoms with Gasteiger partial charge in [-0.05, 0) is 17.7 Å². The first-order chi connectivity index (χ1) is 9.80. The zero-order chi connectivity index (χ0) is 14.4. The highest BCUT2D eigenvalue weighted by molar-refractivity contribution is 5.53. The molecule has 4 nitrogen and oxygen atoms in total. The molecule has 0 radical (unpaired) electrons. The number of aliphatic hydroxyl groups excluding tert-OH is 1. The normalized spacial score (nSPS) is 10.2. The second-order valence-corrected chi connectivity index (χ2v) is 4.21. The second-order valence-electron chi connectivity index (χ2n) is 4.21. The van der Waals surface area contributed by atoms with E-state index in [4.69, 9.17) is 14.2 Å². The highest BCUT2D eigenvalue weighted by Gasteiger charge is 2.15. The van der Waals surface area contributed by atoms with Gasteiger partial charge in [-0.2, -0.15) is 0 Å². The van der Waals surface area contributed by atoms with Gasteiger partial charge in [0.2, 0.25) is 0 Å². The van der Waals surface area contributed by atoms with Gasteiger partial charge in [0.1, 0.15) is 12.4 Å². The summed E-state index contributed by atoms with van der Waals surface area (Å²) in [6, 6.07) is 13.3. The summed E-state index contributed by atoms with van der Waals surface area (Å²) in [6.07, 6.45) is 0. The van der Waals surface area contributed by atoms with Gasteiger partial charge in [0.25, 0.3) is 0 Å². The van der Waals surface area contributed by atoms with E-state index in [1.807, 2.05) is 30.3 Å². The lowest BCUT2D eigenvalue weighted by molar-refractivity contribution is 0.243. The summed E-state index contributed by atoms with van der Waals surface area (Å²) in [6.45, 7) is 0.224. The minimum atomic E-state index is -0.176. The van der Waals surface area contributed by atoms with Crippen LogP contribution < -0.4 is 14.2 Å². The standard InChI is InChI=1S/C16H18O4/c1-18-14-8-9-15(19-2)16(13(14)10-17)20-11-12-6-4-3-5-7-12/h3-9,17H,10-11H2,1-2H3. The van der Waals surface area contributed by atoms with E-state index in [9.17, 15) is 5.11 Å². The summed E-state index contributed by atoms with van der Waals surface area (Å²) in [7, 11) is 3.13. The highest BCUT2D eigenvalue weighted by Crippen LogP contribution is 2.37. The molecule has 106 valence electrons. The van der Waals surface area contributed by atoms with E-state index in [0.717, 1.165) is 5.56 Å². The molecule has 0 unspecified atom stereocenters. The van der Waals surface area contributed by atoms with E-state index in [1.54, 1.807) is 26.4 Å². The largest absolute Gasteiger partial charge is 0.496 e. The minimum absolute atomic E-state index is 0.176. The monoisotopic (exact) mass is 274 g/mol. The molecule has 0 aliphatic carbocycles. The van der Waals surface area contributed by atoms with Crippen molar-refractivity contribution in [2.45, 2.75) is 13.2 Å². The molecule has 0 spiro atoms. The van der Waals surface area contributed by atoms with Gasteiger partial charge in [-0.3, -0.25) is 0 Å². The van der Waals surface area contributed by atoms with Crippen molar-refractivity contribution >= 4 is 0 Å². The minimum Gasteiger partial charge on any atom is -0.496 e. The van der Waals surface area contributed by atoms with Gasteiger partial charge in [-0.1, -0.05) is 30.3 Å². The summed E-state index contributed by atoms with van der Waals surface area (Å²) in [5.41, 5.74) is 1.63. The number of ether oxygens (including phenoxy) is 3. The molecule has 0 atom stereocenters. The predicted molar refractivity (Wildman–Crippen MR) is 76.2 cm³/mol.